The first-order valence-corrected chi connectivity index (χ1v) is 7.15. The highest BCUT2D eigenvalue weighted by Gasteiger charge is 2.10. The first-order chi connectivity index (χ1) is 9.15. The topological polar surface area (TPSA) is 40.2 Å². The Morgan fingerprint density at radius 1 is 1.32 bits per heavy atom. The van der Waals surface area contributed by atoms with E-state index in [-0.39, 0.29) is 6.04 Å². The number of aryl methyl sites for hydroxylation is 1. The summed E-state index contributed by atoms with van der Waals surface area (Å²) in [6, 6.07) is 6.53. The Morgan fingerprint density at radius 2 is 2.11 bits per heavy atom. The lowest BCUT2D eigenvalue weighted by Gasteiger charge is -2.06. The fourth-order valence-electron chi connectivity index (χ4n) is 2.54. The summed E-state index contributed by atoms with van der Waals surface area (Å²) in [7, 11) is 0. The van der Waals surface area contributed by atoms with Gasteiger partial charge in [-0.2, -0.15) is 0 Å². The van der Waals surface area contributed by atoms with Gasteiger partial charge in [0.05, 0.1) is 12.1 Å². The van der Waals surface area contributed by atoms with E-state index in [0.717, 1.165) is 25.1 Å². The van der Waals surface area contributed by atoms with E-state index in [9.17, 15) is 0 Å². The van der Waals surface area contributed by atoms with Crippen LogP contribution in [0.15, 0.2) is 24.4 Å². The van der Waals surface area contributed by atoms with Gasteiger partial charge in [0.1, 0.15) is 5.75 Å². The number of ether oxygens (including phenoxy) is 1. The van der Waals surface area contributed by atoms with E-state index in [2.05, 4.69) is 36.7 Å². The third kappa shape index (κ3) is 3.10. The molecule has 1 aromatic heterocycles. The molecule has 1 atom stereocenters. The van der Waals surface area contributed by atoms with E-state index in [1.807, 2.05) is 13.0 Å². The molecule has 3 nitrogen and oxygen atoms in total. The van der Waals surface area contributed by atoms with Gasteiger partial charge in [-0.25, -0.2) is 0 Å². The Hall–Kier alpha value is -1.48. The van der Waals surface area contributed by atoms with Crippen molar-refractivity contribution < 1.29 is 4.74 Å². The van der Waals surface area contributed by atoms with Crippen LogP contribution in [0.3, 0.4) is 0 Å². The molecular weight excluding hydrogens is 236 g/mol. The maximum atomic E-state index is 5.94. The zero-order valence-electron chi connectivity index (χ0n) is 12.1. The minimum Gasteiger partial charge on any atom is -0.494 e. The van der Waals surface area contributed by atoms with Gasteiger partial charge in [-0.3, -0.25) is 0 Å². The summed E-state index contributed by atoms with van der Waals surface area (Å²) in [6.45, 7) is 8.00. The third-order valence-electron chi connectivity index (χ3n) is 3.25. The summed E-state index contributed by atoms with van der Waals surface area (Å²) in [4.78, 5) is 0. The molecule has 1 aromatic carbocycles. The van der Waals surface area contributed by atoms with Crippen molar-refractivity contribution in [2.24, 2.45) is 5.73 Å². The second-order valence-corrected chi connectivity index (χ2v) is 5.14. The summed E-state index contributed by atoms with van der Waals surface area (Å²) < 4.78 is 7.91. The quantitative estimate of drug-likeness (QED) is 0.865. The summed E-state index contributed by atoms with van der Waals surface area (Å²) in [5.41, 5.74) is 8.53. The molecule has 0 radical (unpaired) electrons. The molecule has 2 aromatic rings. The predicted molar refractivity (Wildman–Crippen MR) is 80.8 cm³/mol. The standard InChI is InChI=1S/C16H24N2O/c1-4-8-18-11-13(9-12(3)17)15-7-6-14(19-5-2)10-16(15)18/h6-7,10-12H,4-5,8-9,17H2,1-3H3. The monoisotopic (exact) mass is 260 g/mol. The highest BCUT2D eigenvalue weighted by atomic mass is 16.5. The van der Waals surface area contributed by atoms with Gasteiger partial charge in [-0.15, -0.1) is 0 Å². The zero-order valence-corrected chi connectivity index (χ0v) is 12.1. The van der Waals surface area contributed by atoms with Crippen LogP contribution in [0.2, 0.25) is 0 Å². The van der Waals surface area contributed by atoms with Crippen LogP contribution in [0.1, 0.15) is 32.8 Å². The van der Waals surface area contributed by atoms with Gasteiger partial charge in [-0.1, -0.05) is 6.92 Å². The minimum absolute atomic E-state index is 0.187. The van der Waals surface area contributed by atoms with Crippen LogP contribution in [0.4, 0.5) is 0 Å². The van der Waals surface area contributed by atoms with Crippen molar-refractivity contribution in [2.75, 3.05) is 6.61 Å². The van der Waals surface area contributed by atoms with Gasteiger partial charge >= 0.3 is 0 Å². The van der Waals surface area contributed by atoms with E-state index in [4.69, 9.17) is 10.5 Å². The molecule has 0 aliphatic heterocycles. The first kappa shape index (κ1) is 13.9. The molecule has 0 bridgehead atoms. The first-order valence-electron chi connectivity index (χ1n) is 7.15. The van der Waals surface area contributed by atoms with Gasteiger partial charge in [0, 0.05) is 30.2 Å². The number of benzene rings is 1. The molecule has 0 saturated carbocycles. The van der Waals surface area contributed by atoms with Gasteiger partial charge in [0.2, 0.25) is 0 Å². The maximum absolute atomic E-state index is 5.94. The van der Waals surface area contributed by atoms with Gasteiger partial charge in [0.25, 0.3) is 0 Å². The van der Waals surface area contributed by atoms with Gasteiger partial charge < -0.3 is 15.0 Å². The molecule has 0 fully saturated rings. The van der Waals surface area contributed by atoms with Crippen molar-refractivity contribution in [3.05, 3.63) is 30.0 Å². The zero-order chi connectivity index (χ0) is 13.8. The molecule has 2 N–H and O–H groups in total. The van der Waals surface area contributed by atoms with Crippen molar-refractivity contribution >= 4 is 10.9 Å². The average Bonchev–Trinajstić information content (AvgIpc) is 2.68. The third-order valence-corrected chi connectivity index (χ3v) is 3.25. The lowest BCUT2D eigenvalue weighted by atomic mass is 10.1. The highest BCUT2D eigenvalue weighted by molar-refractivity contribution is 5.85. The molecule has 0 aliphatic carbocycles. The summed E-state index contributed by atoms with van der Waals surface area (Å²) in [5, 5.41) is 1.30. The van der Waals surface area contributed by atoms with Crippen LogP contribution in [-0.2, 0) is 13.0 Å². The lowest BCUT2D eigenvalue weighted by molar-refractivity contribution is 0.340. The number of fused-ring (bicyclic) bond motifs is 1. The summed E-state index contributed by atoms with van der Waals surface area (Å²) in [6.07, 6.45) is 4.29. The van der Waals surface area contributed by atoms with Crippen LogP contribution in [0.25, 0.3) is 10.9 Å². The highest BCUT2D eigenvalue weighted by Crippen LogP contribution is 2.27. The van der Waals surface area contributed by atoms with Crippen molar-refractivity contribution in [3.63, 3.8) is 0 Å². The van der Waals surface area contributed by atoms with Crippen molar-refractivity contribution in [1.29, 1.82) is 0 Å². The molecule has 0 spiro atoms. The summed E-state index contributed by atoms with van der Waals surface area (Å²) >= 11 is 0. The van der Waals surface area contributed by atoms with Crippen LogP contribution < -0.4 is 10.5 Å². The lowest BCUT2D eigenvalue weighted by Crippen LogP contribution is -2.17. The number of nitrogens with two attached hydrogens (primary N) is 1. The number of hydrogen-bond acceptors (Lipinski definition) is 2. The average molecular weight is 260 g/mol. The SMILES string of the molecule is CCCn1cc(CC(C)N)c2ccc(OCC)cc21. The Labute approximate surface area is 115 Å². The number of aromatic nitrogens is 1. The Morgan fingerprint density at radius 3 is 2.74 bits per heavy atom. The van der Waals surface area contributed by atoms with Crippen LogP contribution in [0, 0.1) is 0 Å². The Balaban J connectivity index is 2.47. The predicted octanol–water partition coefficient (Wildman–Crippen LogP) is 3.34. The van der Waals surface area contributed by atoms with E-state index in [1.165, 1.54) is 16.5 Å². The Kier molecular flexibility index (Phi) is 4.48. The largest absolute Gasteiger partial charge is 0.494 e. The van der Waals surface area contributed by atoms with E-state index in [0.29, 0.717) is 6.61 Å². The molecule has 104 valence electrons. The smallest absolute Gasteiger partial charge is 0.121 e. The molecule has 2 rings (SSSR count). The van der Waals surface area contributed by atoms with E-state index >= 15 is 0 Å². The molecule has 0 saturated heterocycles. The Bertz CT molecular complexity index is 543. The van der Waals surface area contributed by atoms with Crippen LogP contribution in [0.5, 0.6) is 5.75 Å². The molecular formula is C16H24N2O. The van der Waals surface area contributed by atoms with Gasteiger partial charge in [0.15, 0.2) is 0 Å². The second kappa shape index (κ2) is 6.11. The summed E-state index contributed by atoms with van der Waals surface area (Å²) in [5.74, 6) is 0.942. The molecule has 0 aliphatic rings. The molecule has 19 heavy (non-hydrogen) atoms. The maximum Gasteiger partial charge on any atom is 0.121 e. The van der Waals surface area contributed by atoms with Crippen LogP contribution >= 0.6 is 0 Å². The number of rotatable bonds is 6. The van der Waals surface area contributed by atoms with Gasteiger partial charge in [-0.05, 0) is 44.4 Å². The number of hydrogen-bond donors (Lipinski definition) is 1. The number of nitrogens with zero attached hydrogens (tertiary/aromatic N) is 1. The molecule has 0 amide bonds. The fourth-order valence-corrected chi connectivity index (χ4v) is 2.54. The second-order valence-electron chi connectivity index (χ2n) is 5.14. The van der Waals surface area contributed by atoms with E-state index < -0.39 is 0 Å². The van der Waals surface area contributed by atoms with Crippen molar-refractivity contribution in [3.8, 4) is 5.75 Å². The van der Waals surface area contributed by atoms with Crippen molar-refractivity contribution in [2.45, 2.75) is 46.2 Å². The molecule has 1 unspecified atom stereocenters. The normalized spacial score (nSPS) is 12.8. The molecule has 1 heterocycles. The van der Waals surface area contributed by atoms with Crippen molar-refractivity contribution in [1.82, 2.24) is 4.57 Å². The molecule has 3 heteroatoms. The van der Waals surface area contributed by atoms with E-state index in [1.54, 1.807) is 0 Å². The minimum atomic E-state index is 0.187. The fraction of sp³-hybridized carbons (Fsp3) is 0.500. The van der Waals surface area contributed by atoms with Crippen LogP contribution in [-0.4, -0.2) is 17.2 Å².